The molecule has 8 nitrogen and oxygen atoms in total. The predicted octanol–water partition coefficient (Wildman–Crippen LogP) is 22.4. The summed E-state index contributed by atoms with van der Waals surface area (Å²) in [5.74, 6) is -0.191. The zero-order chi connectivity index (χ0) is 59.8. The van der Waals surface area contributed by atoms with Gasteiger partial charge >= 0.3 is 0 Å². The predicted molar refractivity (Wildman–Crippen MR) is 358 cm³/mol. The van der Waals surface area contributed by atoms with Crippen molar-refractivity contribution in [2.75, 3.05) is 40.9 Å². The number of phosphoric acid groups is 1. The van der Waals surface area contributed by atoms with Gasteiger partial charge in [0.1, 0.15) is 13.2 Å². The highest BCUT2D eigenvalue weighted by Gasteiger charge is 2.23. The fraction of sp³-hybridized carbons (Fsp3) is 0.877. The summed E-state index contributed by atoms with van der Waals surface area (Å²) in [5.41, 5.74) is 0. The van der Waals surface area contributed by atoms with Gasteiger partial charge in [-0.25, -0.2) is 0 Å². The van der Waals surface area contributed by atoms with Crippen LogP contribution in [0.15, 0.2) is 48.6 Å². The van der Waals surface area contributed by atoms with Gasteiger partial charge in [0, 0.05) is 6.42 Å². The molecule has 2 N–H and O–H groups in total. The Hall–Kier alpha value is -1.54. The molecule has 0 aromatic heterocycles. The maximum Gasteiger partial charge on any atom is 0.268 e. The van der Waals surface area contributed by atoms with Crippen molar-refractivity contribution in [3.8, 4) is 0 Å². The summed E-state index contributed by atoms with van der Waals surface area (Å²) in [5, 5.41) is 14.0. The molecule has 0 aromatic carbocycles. The molecule has 484 valence electrons. The highest BCUT2D eigenvalue weighted by molar-refractivity contribution is 7.45. The van der Waals surface area contributed by atoms with Gasteiger partial charge in [0.2, 0.25) is 5.91 Å². The monoisotopic (exact) mass is 1170 g/mol. The van der Waals surface area contributed by atoms with Crippen molar-refractivity contribution >= 4 is 13.7 Å². The van der Waals surface area contributed by atoms with Crippen LogP contribution in [0, 0.1) is 0 Å². The maximum absolute atomic E-state index is 13.0. The van der Waals surface area contributed by atoms with Gasteiger partial charge in [0.05, 0.1) is 39.9 Å². The Morgan fingerprint density at radius 1 is 0.427 bits per heavy atom. The van der Waals surface area contributed by atoms with E-state index in [4.69, 9.17) is 9.05 Å². The molecule has 1 amide bonds. The van der Waals surface area contributed by atoms with E-state index in [0.29, 0.717) is 17.4 Å². The van der Waals surface area contributed by atoms with E-state index in [2.05, 4.69) is 55.6 Å². The van der Waals surface area contributed by atoms with Crippen LogP contribution in [0.4, 0.5) is 0 Å². The van der Waals surface area contributed by atoms with Crippen LogP contribution in [0.25, 0.3) is 0 Å². The molecule has 3 atom stereocenters. The van der Waals surface area contributed by atoms with Crippen molar-refractivity contribution < 1.29 is 32.9 Å². The molecule has 82 heavy (non-hydrogen) atoms. The van der Waals surface area contributed by atoms with Crippen LogP contribution < -0.4 is 10.2 Å². The molecule has 0 saturated carbocycles. The fourth-order valence-electron chi connectivity index (χ4n) is 10.9. The van der Waals surface area contributed by atoms with Crippen molar-refractivity contribution in [2.45, 2.75) is 373 Å². The minimum atomic E-state index is -4.60. The van der Waals surface area contributed by atoms with E-state index in [1.54, 1.807) is 6.08 Å². The van der Waals surface area contributed by atoms with Crippen LogP contribution in [-0.2, 0) is 18.4 Å². The molecule has 0 saturated heterocycles. The van der Waals surface area contributed by atoms with Crippen molar-refractivity contribution in [1.82, 2.24) is 5.32 Å². The van der Waals surface area contributed by atoms with Crippen LogP contribution >= 0.6 is 7.82 Å². The quantitative estimate of drug-likeness (QED) is 0.0272. The van der Waals surface area contributed by atoms with Gasteiger partial charge < -0.3 is 28.8 Å². The van der Waals surface area contributed by atoms with Crippen LogP contribution in [0.5, 0.6) is 0 Å². The number of phosphoric ester groups is 1. The lowest BCUT2D eigenvalue weighted by Gasteiger charge is -2.29. The number of likely N-dealkylation sites (N-methyl/N-ethyl adjacent to an activating group) is 1. The molecule has 0 aliphatic carbocycles. The van der Waals surface area contributed by atoms with Crippen molar-refractivity contribution in [2.24, 2.45) is 0 Å². The average molecular weight is 1170 g/mol. The standard InChI is InChI=1S/C73H141N2O6P/c1-6-8-10-12-14-16-18-20-22-24-26-28-30-32-34-35-36-37-38-39-41-43-45-47-49-51-53-55-57-59-61-63-65-67-73(77)74-71(70-81-82(78,79)80-69-68-75(3,4)5)72(76)66-64-62-60-58-56-54-52-50-48-46-44-42-40-33-31-29-27-25-23-21-19-17-15-13-11-9-7-2/h18,20,24,26,30,32,64,66,71-72,76H,6-17,19,21-23,25,27-29,31,33-63,65,67-70H2,1-5H3,(H-,74,77,78,79)/b20-18-,26-24-,32-30-,66-64+. The second-order valence-electron chi connectivity index (χ2n) is 25.9. The lowest BCUT2D eigenvalue weighted by Crippen LogP contribution is -2.45. The SMILES string of the molecule is CCCCCCC/C=C\C/C=C\C/C=C\CCCCCCCCCCCCCCCCCCCCC(=O)NC(COP(=O)([O-])OCC[N+](C)(C)C)C(O)/C=C/CCCCCCCCCCCCCCCCCCCCCCCCCCC. The molecule has 0 fully saturated rings. The molecular weight excluding hydrogens is 1030 g/mol. The Morgan fingerprint density at radius 2 is 0.707 bits per heavy atom. The Labute approximate surface area is 511 Å². The van der Waals surface area contributed by atoms with Gasteiger partial charge in [-0.2, -0.15) is 0 Å². The van der Waals surface area contributed by atoms with E-state index in [-0.39, 0.29) is 19.1 Å². The smallest absolute Gasteiger partial charge is 0.268 e. The van der Waals surface area contributed by atoms with Crippen LogP contribution in [-0.4, -0.2) is 68.5 Å². The van der Waals surface area contributed by atoms with E-state index >= 15 is 0 Å². The molecule has 0 aromatic rings. The van der Waals surface area contributed by atoms with Crippen molar-refractivity contribution in [1.29, 1.82) is 0 Å². The molecule has 0 spiro atoms. The van der Waals surface area contributed by atoms with Gasteiger partial charge in [-0.05, 0) is 57.8 Å². The average Bonchev–Trinajstić information content (AvgIpc) is 3.47. The number of nitrogens with one attached hydrogen (secondary N) is 1. The first-order valence-corrected chi connectivity index (χ1v) is 37.5. The Balaban J connectivity index is 4.03. The second-order valence-corrected chi connectivity index (χ2v) is 27.4. The third-order valence-electron chi connectivity index (χ3n) is 16.5. The maximum atomic E-state index is 13.0. The second kappa shape index (κ2) is 63.9. The molecule has 0 aliphatic heterocycles. The van der Waals surface area contributed by atoms with Crippen molar-refractivity contribution in [3.05, 3.63) is 48.6 Å². The number of hydrogen-bond acceptors (Lipinski definition) is 6. The van der Waals surface area contributed by atoms with Crippen LogP contribution in [0.3, 0.4) is 0 Å². The number of rotatable bonds is 67. The number of carbonyl (C=O) groups is 1. The number of allylic oxidation sites excluding steroid dienone is 7. The number of aliphatic hydroxyl groups excluding tert-OH is 1. The number of aliphatic hydroxyl groups is 1. The first kappa shape index (κ1) is 80.5. The third-order valence-corrected chi connectivity index (χ3v) is 17.5. The zero-order valence-corrected chi connectivity index (χ0v) is 56.4. The molecule has 3 unspecified atom stereocenters. The number of unbranched alkanes of at least 4 members (excludes halogenated alkanes) is 48. The molecule has 0 aliphatic rings. The summed E-state index contributed by atoms with van der Waals surface area (Å²) in [6.45, 7) is 4.69. The van der Waals surface area contributed by atoms with Crippen molar-refractivity contribution in [3.63, 3.8) is 0 Å². The number of nitrogens with zero attached hydrogens (tertiary/aromatic N) is 1. The highest BCUT2D eigenvalue weighted by atomic mass is 31.2. The summed E-state index contributed by atoms with van der Waals surface area (Å²) in [6, 6.07) is -0.888. The molecule has 0 bridgehead atoms. The molecule has 0 heterocycles. The first-order valence-electron chi connectivity index (χ1n) is 36.0. The van der Waals surface area contributed by atoms with E-state index in [1.165, 1.54) is 289 Å². The fourth-order valence-corrected chi connectivity index (χ4v) is 11.7. The Bertz CT molecular complexity index is 1480. The number of quaternary nitrogens is 1. The highest BCUT2D eigenvalue weighted by Crippen LogP contribution is 2.38. The van der Waals surface area contributed by atoms with Gasteiger partial charge in [0.15, 0.2) is 0 Å². The largest absolute Gasteiger partial charge is 0.756 e. The topological polar surface area (TPSA) is 108 Å². The lowest BCUT2D eigenvalue weighted by molar-refractivity contribution is -0.870. The van der Waals surface area contributed by atoms with E-state index in [0.717, 1.165) is 51.4 Å². The molecule has 9 heteroatoms. The summed E-state index contributed by atoms with van der Waals surface area (Å²) >= 11 is 0. The third kappa shape index (κ3) is 66.0. The van der Waals surface area contributed by atoms with Gasteiger partial charge in [0.25, 0.3) is 7.82 Å². The summed E-state index contributed by atoms with van der Waals surface area (Å²) in [6.07, 6.45) is 86.6. The Morgan fingerprint density at radius 3 is 1.02 bits per heavy atom. The van der Waals surface area contributed by atoms with Gasteiger partial charge in [-0.3, -0.25) is 9.36 Å². The molecule has 0 rings (SSSR count). The summed E-state index contributed by atoms with van der Waals surface area (Å²) in [4.78, 5) is 25.6. The lowest BCUT2D eigenvalue weighted by atomic mass is 10.0. The number of hydrogen-bond donors (Lipinski definition) is 2. The number of amides is 1. The minimum Gasteiger partial charge on any atom is -0.756 e. The minimum absolute atomic E-state index is 0.000182. The first-order chi connectivity index (χ1) is 40.0. The van der Waals surface area contributed by atoms with E-state index < -0.39 is 20.0 Å². The van der Waals surface area contributed by atoms with Gasteiger partial charge in [-0.15, -0.1) is 0 Å². The molecular formula is C73H141N2O6P. The van der Waals surface area contributed by atoms with E-state index in [9.17, 15) is 19.4 Å². The van der Waals surface area contributed by atoms with Crippen LogP contribution in [0.1, 0.15) is 361 Å². The number of carbonyl (C=O) groups excluding carboxylic acids is 1. The summed E-state index contributed by atoms with van der Waals surface area (Å²) in [7, 11) is 1.28. The Kier molecular flexibility index (Phi) is 62.7. The molecule has 0 radical (unpaired) electrons. The van der Waals surface area contributed by atoms with Gasteiger partial charge in [-0.1, -0.05) is 345 Å². The zero-order valence-electron chi connectivity index (χ0n) is 55.5. The van der Waals surface area contributed by atoms with E-state index in [1.807, 2.05) is 27.2 Å². The van der Waals surface area contributed by atoms with Crippen LogP contribution in [0.2, 0.25) is 0 Å². The normalized spacial score (nSPS) is 13.9. The summed E-state index contributed by atoms with van der Waals surface area (Å²) < 4.78 is 23.5.